The number of hydrogen-bond acceptors (Lipinski definition) is 3. The van der Waals surface area contributed by atoms with Crippen LogP contribution >= 0.6 is 15.9 Å². The van der Waals surface area contributed by atoms with Crippen molar-refractivity contribution in [2.24, 2.45) is 5.92 Å². The number of anilines is 1. The van der Waals surface area contributed by atoms with Gasteiger partial charge in [-0.1, -0.05) is 29.8 Å². The number of carbonyl (C=O) groups excluding carboxylic acids is 1. The average molecular weight is 286 g/mol. The van der Waals surface area contributed by atoms with Gasteiger partial charge in [0.25, 0.3) is 0 Å². The van der Waals surface area contributed by atoms with Crippen LogP contribution in [0, 0.1) is 5.92 Å². The zero-order valence-electron chi connectivity index (χ0n) is 9.71. The Morgan fingerprint density at radius 2 is 2.12 bits per heavy atom. The molecule has 0 radical (unpaired) electrons. The van der Waals surface area contributed by atoms with Crippen molar-refractivity contribution in [2.45, 2.75) is 20.8 Å². The molecule has 0 saturated heterocycles. The molecule has 0 spiro atoms. The van der Waals surface area contributed by atoms with Crippen molar-refractivity contribution in [2.75, 3.05) is 12.3 Å². The van der Waals surface area contributed by atoms with E-state index in [0.29, 0.717) is 29.5 Å². The Kier molecular flexibility index (Phi) is 4.35. The molecule has 4 heteroatoms. The van der Waals surface area contributed by atoms with E-state index in [4.69, 9.17) is 10.5 Å². The van der Waals surface area contributed by atoms with E-state index in [0.717, 1.165) is 4.47 Å². The van der Waals surface area contributed by atoms with Gasteiger partial charge < -0.3 is 10.5 Å². The van der Waals surface area contributed by atoms with Crippen molar-refractivity contribution in [1.29, 1.82) is 0 Å². The maximum absolute atomic E-state index is 11.5. The fraction of sp³-hybridized carbons (Fsp3) is 0.417. The molecule has 0 saturated carbocycles. The molecule has 0 aliphatic carbocycles. The second-order valence-corrected chi connectivity index (χ2v) is 5.05. The maximum atomic E-state index is 11.5. The minimum absolute atomic E-state index is 0.0493. The van der Waals surface area contributed by atoms with Crippen molar-refractivity contribution in [3.8, 4) is 5.75 Å². The highest BCUT2D eigenvalue weighted by Gasteiger charge is 2.13. The molecular formula is C12H16BrNO2. The number of nitrogen functional groups attached to an aromatic ring is 1. The average Bonchev–Trinajstić information content (AvgIpc) is 2.14. The predicted octanol–water partition coefficient (Wildman–Crippen LogP) is 3.27. The van der Waals surface area contributed by atoms with E-state index >= 15 is 0 Å². The molecule has 1 aromatic rings. The van der Waals surface area contributed by atoms with Crippen LogP contribution in [-0.4, -0.2) is 12.4 Å². The monoisotopic (exact) mass is 285 g/mol. The Morgan fingerprint density at radius 1 is 1.50 bits per heavy atom. The van der Waals surface area contributed by atoms with Crippen LogP contribution in [-0.2, 0) is 0 Å². The number of hydrogen-bond donors (Lipinski definition) is 1. The molecule has 0 aromatic heterocycles. The molecule has 0 fully saturated rings. The summed E-state index contributed by atoms with van der Waals surface area (Å²) in [6, 6.07) is 3.47. The normalized spacial score (nSPS) is 10.6. The van der Waals surface area contributed by atoms with Crippen molar-refractivity contribution in [1.82, 2.24) is 0 Å². The molecule has 0 aliphatic heterocycles. The smallest absolute Gasteiger partial charge is 0.163 e. The molecule has 0 heterocycles. The molecule has 0 unspecified atom stereocenters. The van der Waals surface area contributed by atoms with Crippen LogP contribution < -0.4 is 10.5 Å². The highest BCUT2D eigenvalue weighted by molar-refractivity contribution is 9.10. The summed E-state index contributed by atoms with van der Waals surface area (Å²) >= 11 is 3.31. The zero-order valence-corrected chi connectivity index (χ0v) is 11.3. The quantitative estimate of drug-likeness (QED) is 0.682. The Morgan fingerprint density at radius 3 is 2.62 bits per heavy atom. The number of Topliss-reactive ketones (excluding diaryl/α,β-unsaturated/α-hetero) is 1. The van der Waals surface area contributed by atoms with Crippen molar-refractivity contribution >= 4 is 27.4 Å². The van der Waals surface area contributed by atoms with E-state index in [2.05, 4.69) is 15.9 Å². The summed E-state index contributed by atoms with van der Waals surface area (Å²) in [5.41, 5.74) is 6.85. The molecule has 2 N–H and O–H groups in total. The van der Waals surface area contributed by atoms with E-state index in [1.165, 1.54) is 6.92 Å². The standard InChI is InChI=1S/C12H16BrNO2/c1-7(2)6-16-12-10(8(3)15)4-9(13)5-11(12)14/h4-5,7H,6,14H2,1-3H3. The Bertz CT molecular complexity index is 402. The molecule has 88 valence electrons. The van der Waals surface area contributed by atoms with Gasteiger partial charge in [0, 0.05) is 4.47 Å². The highest BCUT2D eigenvalue weighted by Crippen LogP contribution is 2.31. The highest BCUT2D eigenvalue weighted by atomic mass is 79.9. The first-order valence-corrected chi connectivity index (χ1v) is 5.94. The fourth-order valence-electron chi connectivity index (χ4n) is 1.29. The first kappa shape index (κ1) is 13.0. The Hall–Kier alpha value is -1.03. The first-order valence-electron chi connectivity index (χ1n) is 5.14. The van der Waals surface area contributed by atoms with E-state index in [1.807, 2.05) is 13.8 Å². The molecule has 0 atom stereocenters. The Labute approximate surface area is 104 Å². The first-order chi connectivity index (χ1) is 7.41. The van der Waals surface area contributed by atoms with E-state index < -0.39 is 0 Å². The lowest BCUT2D eigenvalue weighted by molar-refractivity contribution is 0.101. The molecule has 1 rings (SSSR count). The number of carbonyl (C=O) groups is 1. The topological polar surface area (TPSA) is 52.3 Å². The molecule has 3 nitrogen and oxygen atoms in total. The SMILES string of the molecule is CC(=O)c1cc(Br)cc(N)c1OCC(C)C. The molecular weight excluding hydrogens is 270 g/mol. The number of nitrogens with two attached hydrogens (primary N) is 1. The van der Waals surface area contributed by atoms with Gasteiger partial charge in [-0.05, 0) is 25.0 Å². The van der Waals surface area contributed by atoms with Gasteiger partial charge in [0.15, 0.2) is 11.5 Å². The van der Waals surface area contributed by atoms with E-state index in [-0.39, 0.29) is 5.78 Å². The van der Waals surface area contributed by atoms with Gasteiger partial charge in [0.2, 0.25) is 0 Å². The minimum Gasteiger partial charge on any atom is -0.490 e. The van der Waals surface area contributed by atoms with Gasteiger partial charge in [-0.15, -0.1) is 0 Å². The summed E-state index contributed by atoms with van der Waals surface area (Å²) in [5, 5.41) is 0. The van der Waals surface area contributed by atoms with Crippen LogP contribution in [0.5, 0.6) is 5.75 Å². The molecule has 1 aromatic carbocycles. The van der Waals surface area contributed by atoms with Crippen LogP contribution in [0.1, 0.15) is 31.1 Å². The second-order valence-electron chi connectivity index (χ2n) is 4.13. The van der Waals surface area contributed by atoms with E-state index in [1.54, 1.807) is 12.1 Å². The number of ether oxygens (including phenoxy) is 1. The van der Waals surface area contributed by atoms with Crippen molar-refractivity contribution in [3.05, 3.63) is 22.2 Å². The van der Waals surface area contributed by atoms with Crippen LogP contribution in [0.3, 0.4) is 0 Å². The van der Waals surface area contributed by atoms with Gasteiger partial charge in [-0.2, -0.15) is 0 Å². The number of halogens is 1. The second kappa shape index (κ2) is 5.34. The number of ketones is 1. The number of rotatable bonds is 4. The van der Waals surface area contributed by atoms with Crippen molar-refractivity contribution < 1.29 is 9.53 Å². The van der Waals surface area contributed by atoms with Crippen molar-refractivity contribution in [3.63, 3.8) is 0 Å². The fourth-order valence-corrected chi connectivity index (χ4v) is 1.76. The molecule has 0 bridgehead atoms. The van der Waals surface area contributed by atoms with Gasteiger partial charge in [0.05, 0.1) is 17.9 Å². The summed E-state index contributed by atoms with van der Waals surface area (Å²) in [6.07, 6.45) is 0. The third-order valence-electron chi connectivity index (χ3n) is 2.02. The number of benzene rings is 1. The molecule has 16 heavy (non-hydrogen) atoms. The Balaban J connectivity index is 3.09. The summed E-state index contributed by atoms with van der Waals surface area (Å²) in [7, 11) is 0. The van der Waals surface area contributed by atoms with Gasteiger partial charge in [0.1, 0.15) is 0 Å². The van der Waals surface area contributed by atoms with Gasteiger partial charge in [-0.25, -0.2) is 0 Å². The maximum Gasteiger partial charge on any atom is 0.163 e. The van der Waals surface area contributed by atoms with Crippen LogP contribution in [0.15, 0.2) is 16.6 Å². The third-order valence-corrected chi connectivity index (χ3v) is 2.48. The predicted molar refractivity (Wildman–Crippen MR) is 68.9 cm³/mol. The molecule has 0 amide bonds. The van der Waals surface area contributed by atoms with Crippen LogP contribution in [0.2, 0.25) is 0 Å². The summed E-state index contributed by atoms with van der Waals surface area (Å²) in [5.74, 6) is 0.832. The summed E-state index contributed by atoms with van der Waals surface area (Å²) < 4.78 is 6.36. The largest absolute Gasteiger partial charge is 0.490 e. The lowest BCUT2D eigenvalue weighted by Crippen LogP contribution is -2.09. The summed E-state index contributed by atoms with van der Waals surface area (Å²) in [4.78, 5) is 11.5. The lowest BCUT2D eigenvalue weighted by Gasteiger charge is -2.14. The lowest BCUT2D eigenvalue weighted by atomic mass is 10.1. The van der Waals surface area contributed by atoms with Gasteiger partial charge in [-0.3, -0.25) is 4.79 Å². The van der Waals surface area contributed by atoms with Gasteiger partial charge >= 0.3 is 0 Å². The third kappa shape index (κ3) is 3.23. The summed E-state index contributed by atoms with van der Waals surface area (Å²) in [6.45, 7) is 6.14. The minimum atomic E-state index is -0.0493. The van der Waals surface area contributed by atoms with E-state index in [9.17, 15) is 4.79 Å². The zero-order chi connectivity index (χ0) is 12.3. The molecule has 0 aliphatic rings. The van der Waals surface area contributed by atoms with Crippen LogP contribution in [0.25, 0.3) is 0 Å². The van der Waals surface area contributed by atoms with Crippen LogP contribution in [0.4, 0.5) is 5.69 Å².